The van der Waals surface area contributed by atoms with Crippen molar-refractivity contribution in [2.75, 3.05) is 37.4 Å². The van der Waals surface area contributed by atoms with Crippen LogP contribution in [0.1, 0.15) is 6.42 Å². The van der Waals surface area contributed by atoms with Crippen LogP contribution in [-0.4, -0.2) is 63.3 Å². The molecule has 154 valence electrons. The maximum Gasteiger partial charge on any atom is 0.481 e. The van der Waals surface area contributed by atoms with Crippen LogP contribution in [0.25, 0.3) is 0 Å². The van der Waals surface area contributed by atoms with Crippen molar-refractivity contribution in [3.8, 4) is 0 Å². The standard InChI is InChI=1S/C11H21N5O9P2/c1-13-8-9(14-11(12)15-10(8)18)16(2)5-7(6-17)3-4-24-27(22,23)25-26(19,20)21/h7,17H,1,3-6H2,2H3,(H,22,23)(H2,19,20,21)(H3,12,14,15,18). The average molecular weight is 429 g/mol. The predicted molar refractivity (Wildman–Crippen MR) is 95.8 cm³/mol. The molecule has 2 unspecified atom stereocenters. The van der Waals surface area contributed by atoms with E-state index in [4.69, 9.17) is 15.5 Å². The lowest BCUT2D eigenvalue weighted by Gasteiger charge is -2.24. The number of aromatic nitrogens is 2. The molecule has 0 aliphatic carbocycles. The van der Waals surface area contributed by atoms with Gasteiger partial charge in [-0.15, -0.1) is 0 Å². The largest absolute Gasteiger partial charge is 0.481 e. The molecule has 1 aromatic heterocycles. The number of aromatic amines is 1. The number of hydrogen-bond acceptors (Lipinski definition) is 10. The van der Waals surface area contributed by atoms with E-state index in [1.54, 1.807) is 7.05 Å². The van der Waals surface area contributed by atoms with Gasteiger partial charge in [0.2, 0.25) is 5.95 Å². The minimum absolute atomic E-state index is 0.0193. The Hall–Kier alpha value is -1.63. The minimum atomic E-state index is -5.20. The summed E-state index contributed by atoms with van der Waals surface area (Å²) in [7, 11) is -8.61. The lowest BCUT2D eigenvalue weighted by Crippen LogP contribution is -2.30. The van der Waals surface area contributed by atoms with Crippen molar-refractivity contribution in [1.82, 2.24) is 9.97 Å². The Labute approximate surface area is 153 Å². The fourth-order valence-electron chi connectivity index (χ4n) is 2.09. The molecule has 0 spiro atoms. The summed E-state index contributed by atoms with van der Waals surface area (Å²) in [6, 6.07) is 0. The zero-order chi connectivity index (χ0) is 20.8. The SMILES string of the molecule is C=Nc1c(N(C)CC(CO)CCOP(=O)(O)OP(=O)(O)O)nc(N)[nH]c1=O. The Morgan fingerprint density at radius 2 is 2.04 bits per heavy atom. The molecule has 1 heterocycles. The topological polar surface area (TPSA) is 221 Å². The summed E-state index contributed by atoms with van der Waals surface area (Å²) in [5, 5.41) is 9.46. The van der Waals surface area contributed by atoms with Gasteiger partial charge in [0.25, 0.3) is 5.56 Å². The summed E-state index contributed by atoms with van der Waals surface area (Å²) in [6.07, 6.45) is 0.0193. The highest BCUT2D eigenvalue weighted by molar-refractivity contribution is 7.60. The van der Waals surface area contributed by atoms with Crippen molar-refractivity contribution in [2.45, 2.75) is 6.42 Å². The number of aliphatic hydroxyl groups excluding tert-OH is 1. The number of hydrogen-bond donors (Lipinski definition) is 6. The van der Waals surface area contributed by atoms with Crippen LogP contribution in [0.5, 0.6) is 0 Å². The second-order valence-corrected chi connectivity index (χ2v) is 8.20. The Kier molecular flexibility index (Phi) is 8.26. The molecule has 0 amide bonds. The molecule has 1 rings (SSSR count). The Bertz CT molecular complexity index is 810. The summed E-state index contributed by atoms with van der Waals surface area (Å²) in [4.78, 5) is 49.3. The quantitative estimate of drug-likeness (QED) is 0.191. The van der Waals surface area contributed by atoms with Gasteiger partial charge in [-0.2, -0.15) is 9.29 Å². The van der Waals surface area contributed by atoms with E-state index < -0.39 is 33.7 Å². The molecule has 1 aromatic rings. The smallest absolute Gasteiger partial charge is 0.396 e. The lowest BCUT2D eigenvalue weighted by atomic mass is 10.1. The van der Waals surface area contributed by atoms with Gasteiger partial charge in [0.15, 0.2) is 11.5 Å². The van der Waals surface area contributed by atoms with Crippen molar-refractivity contribution in [1.29, 1.82) is 0 Å². The van der Waals surface area contributed by atoms with Crippen molar-refractivity contribution in [2.24, 2.45) is 10.9 Å². The van der Waals surface area contributed by atoms with Gasteiger partial charge in [0, 0.05) is 26.1 Å². The third-order valence-corrected chi connectivity index (χ3v) is 5.38. The molecule has 0 saturated carbocycles. The van der Waals surface area contributed by atoms with E-state index in [1.165, 1.54) is 4.90 Å². The van der Waals surface area contributed by atoms with E-state index in [1.807, 2.05) is 0 Å². The van der Waals surface area contributed by atoms with Crippen LogP contribution in [-0.2, 0) is 18.0 Å². The zero-order valence-electron chi connectivity index (χ0n) is 14.3. The molecule has 14 nitrogen and oxygen atoms in total. The van der Waals surface area contributed by atoms with Crippen LogP contribution in [0.3, 0.4) is 0 Å². The molecule has 0 aromatic carbocycles. The number of phosphoric ester groups is 1. The Balaban J connectivity index is 2.74. The molecule has 16 heteroatoms. The zero-order valence-corrected chi connectivity index (χ0v) is 16.0. The number of phosphoric acid groups is 2. The molecule has 0 aliphatic rings. The average Bonchev–Trinajstić information content (AvgIpc) is 2.50. The predicted octanol–water partition coefficient (Wildman–Crippen LogP) is -0.655. The van der Waals surface area contributed by atoms with Crippen LogP contribution >= 0.6 is 15.6 Å². The summed E-state index contributed by atoms with van der Waals surface area (Å²) >= 11 is 0. The van der Waals surface area contributed by atoms with E-state index in [0.717, 1.165) is 0 Å². The highest BCUT2D eigenvalue weighted by Crippen LogP contribution is 2.57. The van der Waals surface area contributed by atoms with Crippen molar-refractivity contribution in [3.05, 3.63) is 10.4 Å². The summed E-state index contributed by atoms with van der Waals surface area (Å²) in [5.74, 6) is -0.553. The van der Waals surface area contributed by atoms with E-state index in [9.17, 15) is 23.9 Å². The summed E-state index contributed by atoms with van der Waals surface area (Å²) in [5.41, 5.74) is 4.83. The number of H-pyrrole nitrogens is 1. The second kappa shape index (κ2) is 9.53. The number of nitrogens with two attached hydrogens (primary N) is 1. The monoisotopic (exact) mass is 429 g/mol. The molecule has 7 N–H and O–H groups in total. The normalized spacial score (nSPS) is 15.1. The maximum atomic E-state index is 11.8. The Morgan fingerprint density at radius 3 is 2.56 bits per heavy atom. The molecule has 0 saturated heterocycles. The van der Waals surface area contributed by atoms with Crippen LogP contribution in [0.4, 0.5) is 17.5 Å². The van der Waals surface area contributed by atoms with E-state index in [-0.39, 0.29) is 37.0 Å². The van der Waals surface area contributed by atoms with Gasteiger partial charge in [0.05, 0.1) is 6.61 Å². The van der Waals surface area contributed by atoms with Gasteiger partial charge in [-0.1, -0.05) is 0 Å². The number of aliphatic imine (C=N–C) groups is 1. The second-order valence-electron chi connectivity index (χ2n) is 5.37. The summed E-state index contributed by atoms with van der Waals surface area (Å²) < 4.78 is 30.0. The maximum absolute atomic E-state index is 11.8. The molecule has 0 aliphatic heterocycles. The van der Waals surface area contributed by atoms with Gasteiger partial charge in [-0.25, -0.2) is 9.13 Å². The number of nitrogens with zero attached hydrogens (tertiary/aromatic N) is 3. The van der Waals surface area contributed by atoms with E-state index in [0.29, 0.717) is 0 Å². The number of aliphatic hydroxyl groups is 1. The lowest BCUT2D eigenvalue weighted by molar-refractivity contribution is 0.153. The van der Waals surface area contributed by atoms with Crippen molar-refractivity contribution >= 4 is 39.8 Å². The van der Waals surface area contributed by atoms with Crippen molar-refractivity contribution in [3.63, 3.8) is 0 Å². The first-order valence-corrected chi connectivity index (χ1v) is 10.3. The first kappa shape index (κ1) is 23.4. The third kappa shape index (κ3) is 7.87. The van der Waals surface area contributed by atoms with E-state index >= 15 is 0 Å². The number of nitrogen functional groups attached to an aromatic ring is 1. The number of nitrogens with one attached hydrogen (secondary N) is 1. The fraction of sp³-hybridized carbons (Fsp3) is 0.545. The molecule has 27 heavy (non-hydrogen) atoms. The molecular weight excluding hydrogens is 408 g/mol. The van der Waals surface area contributed by atoms with Crippen LogP contribution in [0.2, 0.25) is 0 Å². The number of rotatable bonds is 11. The van der Waals surface area contributed by atoms with Gasteiger partial charge < -0.3 is 30.4 Å². The van der Waals surface area contributed by atoms with Gasteiger partial charge >= 0.3 is 15.6 Å². The van der Waals surface area contributed by atoms with Crippen LogP contribution in [0.15, 0.2) is 9.79 Å². The molecule has 2 atom stereocenters. The summed E-state index contributed by atoms with van der Waals surface area (Å²) in [6.45, 7) is 2.60. The highest BCUT2D eigenvalue weighted by Gasteiger charge is 2.32. The Morgan fingerprint density at radius 1 is 1.41 bits per heavy atom. The first-order chi connectivity index (χ1) is 12.4. The molecule has 0 bridgehead atoms. The van der Waals surface area contributed by atoms with Gasteiger partial charge in [0.1, 0.15) is 0 Å². The molecule has 0 fully saturated rings. The van der Waals surface area contributed by atoms with Crippen molar-refractivity contribution < 1.29 is 37.8 Å². The fourth-order valence-corrected chi connectivity index (χ4v) is 3.69. The van der Waals surface area contributed by atoms with Crippen LogP contribution in [0, 0.1) is 5.92 Å². The molecule has 0 radical (unpaired) electrons. The van der Waals surface area contributed by atoms with Gasteiger partial charge in [-0.3, -0.25) is 19.3 Å². The van der Waals surface area contributed by atoms with E-state index in [2.05, 4.69) is 30.5 Å². The first-order valence-electron chi connectivity index (χ1n) is 7.31. The number of anilines is 2. The minimum Gasteiger partial charge on any atom is -0.396 e. The molecular formula is C11H21N5O9P2. The highest BCUT2D eigenvalue weighted by atomic mass is 31.3. The third-order valence-electron chi connectivity index (χ3n) is 3.19. The van der Waals surface area contributed by atoms with Crippen LogP contribution < -0.4 is 16.2 Å². The van der Waals surface area contributed by atoms with Gasteiger partial charge in [-0.05, 0) is 13.1 Å².